The van der Waals surface area contributed by atoms with Crippen molar-refractivity contribution in [3.05, 3.63) is 48.5 Å². The summed E-state index contributed by atoms with van der Waals surface area (Å²) in [4.78, 5) is -2.44. The van der Waals surface area contributed by atoms with Crippen molar-refractivity contribution in [3.8, 4) is 0 Å². The third-order valence-electron chi connectivity index (χ3n) is 3.31. The quantitative estimate of drug-likeness (QED) is 0.645. The topological polar surface area (TPSA) is 85.3 Å². The van der Waals surface area contributed by atoms with Gasteiger partial charge in [-0.05, 0) is 48.5 Å². The molecule has 2 aromatic carbocycles. The second-order valence-corrected chi connectivity index (χ2v) is 10.5. The van der Waals surface area contributed by atoms with Crippen LogP contribution in [0.3, 0.4) is 0 Å². The van der Waals surface area contributed by atoms with E-state index in [1.165, 1.54) is 0 Å². The Kier molecular flexibility index (Phi) is 5.71. The molecule has 0 heterocycles. The van der Waals surface area contributed by atoms with Crippen LogP contribution in [0, 0.1) is 0 Å². The minimum Gasteiger partial charge on any atom is -0.249 e. The maximum Gasteiger partial charge on any atom is 0.501 e. The third kappa shape index (κ3) is 4.07. The molecule has 0 saturated carbocycles. The number of hydrogen-bond donors (Lipinski definition) is 0. The zero-order valence-corrected chi connectivity index (χ0v) is 15.6. The highest BCUT2D eigenvalue weighted by Gasteiger charge is 2.47. The van der Waals surface area contributed by atoms with Crippen molar-refractivity contribution in [3.63, 3.8) is 0 Å². The molecule has 0 unspecified atom stereocenters. The van der Waals surface area contributed by atoms with Crippen molar-refractivity contribution >= 4 is 30.5 Å². The van der Waals surface area contributed by atoms with Gasteiger partial charge in [-0.1, -0.05) is 0 Å². The van der Waals surface area contributed by atoms with Crippen molar-refractivity contribution in [2.75, 3.05) is 0 Å². The monoisotopic (exact) mass is 466 g/mol. The van der Waals surface area contributed by atoms with Gasteiger partial charge in [0.15, 0.2) is 0 Å². The third-order valence-corrected chi connectivity index (χ3v) is 7.71. The summed E-state index contributed by atoms with van der Waals surface area (Å²) in [5.74, 6) is 0. The molecular formula is C14H8F6O5S3. The molecule has 2 aromatic rings. The molecule has 0 bridgehead atoms. The van der Waals surface area contributed by atoms with E-state index in [-0.39, 0.29) is 9.79 Å². The Hall–Kier alpha value is -1.93. The van der Waals surface area contributed by atoms with Gasteiger partial charge in [-0.3, -0.25) is 0 Å². The number of benzene rings is 2. The first-order chi connectivity index (χ1) is 12.6. The van der Waals surface area contributed by atoms with Crippen LogP contribution in [0.2, 0.25) is 0 Å². The average Bonchev–Trinajstić information content (AvgIpc) is 2.59. The second kappa shape index (κ2) is 7.15. The fourth-order valence-corrected chi connectivity index (χ4v) is 4.45. The number of hydrogen-bond acceptors (Lipinski definition) is 5. The van der Waals surface area contributed by atoms with Gasteiger partial charge in [-0.2, -0.15) is 26.3 Å². The lowest BCUT2D eigenvalue weighted by Crippen LogP contribution is -2.23. The van der Waals surface area contributed by atoms with Crippen molar-refractivity contribution in [2.24, 2.45) is 0 Å². The average molecular weight is 466 g/mol. The zero-order chi connectivity index (χ0) is 21.5. The van der Waals surface area contributed by atoms with E-state index in [2.05, 4.69) is 0 Å². The molecule has 2 rings (SSSR count). The van der Waals surface area contributed by atoms with Crippen molar-refractivity contribution < 1.29 is 47.4 Å². The molecule has 0 amide bonds. The number of rotatable bonds is 4. The van der Waals surface area contributed by atoms with Crippen LogP contribution in [0.4, 0.5) is 26.3 Å². The van der Waals surface area contributed by atoms with Gasteiger partial charge in [0.2, 0.25) is 0 Å². The van der Waals surface area contributed by atoms with E-state index in [1.54, 1.807) is 0 Å². The van der Waals surface area contributed by atoms with Crippen LogP contribution in [-0.4, -0.2) is 32.1 Å². The summed E-state index contributed by atoms with van der Waals surface area (Å²) < 4.78 is 132. The summed E-state index contributed by atoms with van der Waals surface area (Å²) in [6, 6.07) is 5.70. The Morgan fingerprint density at radius 1 is 0.571 bits per heavy atom. The molecule has 0 fully saturated rings. The molecule has 5 nitrogen and oxygen atoms in total. The zero-order valence-electron chi connectivity index (χ0n) is 13.2. The molecule has 0 aliphatic carbocycles. The number of sulfone groups is 2. The van der Waals surface area contributed by atoms with E-state index < -0.39 is 51.3 Å². The molecule has 0 aliphatic heterocycles. The molecule has 0 saturated heterocycles. The smallest absolute Gasteiger partial charge is 0.249 e. The minimum atomic E-state index is -5.59. The second-order valence-electron chi connectivity index (χ2n) is 5.11. The highest BCUT2D eigenvalue weighted by Crippen LogP contribution is 2.32. The lowest BCUT2D eigenvalue weighted by Gasteiger charge is -2.10. The van der Waals surface area contributed by atoms with Gasteiger partial charge in [0.1, 0.15) is 0 Å². The molecule has 14 heteroatoms. The predicted octanol–water partition coefficient (Wildman–Crippen LogP) is 3.44. The van der Waals surface area contributed by atoms with Crippen molar-refractivity contribution in [1.82, 2.24) is 0 Å². The van der Waals surface area contributed by atoms with Gasteiger partial charge in [-0.15, -0.1) is 0 Å². The first kappa shape index (κ1) is 22.4. The highest BCUT2D eigenvalue weighted by molar-refractivity contribution is 7.92. The number of halogens is 6. The first-order valence-corrected chi connectivity index (χ1v) is 11.0. The summed E-state index contributed by atoms with van der Waals surface area (Å²) in [7, 11) is -13.3. The molecule has 0 aromatic heterocycles. The largest absolute Gasteiger partial charge is 0.501 e. The molecule has 28 heavy (non-hydrogen) atoms. The number of alkyl halides is 6. The summed E-state index contributed by atoms with van der Waals surface area (Å²) >= 11 is 0. The Balaban J connectivity index is 2.33. The SMILES string of the molecule is O=S(c1ccc(S(=O)(=O)C(F)(F)F)cc1)c1ccc(S(=O)(=O)C(F)(F)F)cc1. The van der Waals surface area contributed by atoms with Gasteiger partial charge < -0.3 is 0 Å². The molecular weight excluding hydrogens is 458 g/mol. The lowest BCUT2D eigenvalue weighted by atomic mass is 10.4. The van der Waals surface area contributed by atoms with Crippen LogP contribution in [-0.2, 0) is 30.5 Å². The first-order valence-electron chi connectivity index (χ1n) is 6.83. The minimum absolute atomic E-state index is 0.146. The van der Waals surface area contributed by atoms with Crippen molar-refractivity contribution in [1.29, 1.82) is 0 Å². The highest BCUT2D eigenvalue weighted by atomic mass is 32.2. The van der Waals surface area contributed by atoms with E-state index in [0.717, 1.165) is 24.3 Å². The summed E-state index contributed by atoms with van der Waals surface area (Å²) in [5, 5.41) is 0. The molecule has 0 atom stereocenters. The fraction of sp³-hybridized carbons (Fsp3) is 0.143. The normalized spacial score (nSPS) is 13.7. The van der Waals surface area contributed by atoms with Gasteiger partial charge in [-0.25, -0.2) is 21.0 Å². The summed E-state index contributed by atoms with van der Waals surface area (Å²) in [6.07, 6.45) is 0. The molecule has 0 spiro atoms. The fourth-order valence-electron chi connectivity index (χ4n) is 1.89. The summed E-state index contributed by atoms with van der Waals surface area (Å²) in [5.41, 5.74) is -11.0. The Bertz CT molecular complexity index is 1010. The lowest BCUT2D eigenvalue weighted by molar-refractivity contribution is -0.0442. The van der Waals surface area contributed by atoms with Crippen LogP contribution in [0.15, 0.2) is 68.1 Å². The Labute approximate surface area is 157 Å². The maximum absolute atomic E-state index is 12.5. The van der Waals surface area contributed by atoms with Gasteiger partial charge >= 0.3 is 11.0 Å². The van der Waals surface area contributed by atoms with Crippen LogP contribution >= 0.6 is 0 Å². The molecule has 0 radical (unpaired) electrons. The van der Waals surface area contributed by atoms with Crippen LogP contribution < -0.4 is 0 Å². The Morgan fingerprint density at radius 3 is 1.04 bits per heavy atom. The molecule has 0 aliphatic rings. The van der Waals surface area contributed by atoms with E-state index >= 15 is 0 Å². The molecule has 0 N–H and O–H groups in total. The van der Waals surface area contributed by atoms with Crippen molar-refractivity contribution in [2.45, 2.75) is 30.6 Å². The predicted molar refractivity (Wildman–Crippen MR) is 84.0 cm³/mol. The van der Waals surface area contributed by atoms with E-state index in [0.29, 0.717) is 24.3 Å². The van der Waals surface area contributed by atoms with E-state index in [4.69, 9.17) is 0 Å². The maximum atomic E-state index is 12.5. The standard InChI is InChI=1S/C14H8F6O5S3/c15-13(16,17)27(22,23)11-5-1-9(2-6-11)26(21)10-3-7-12(8-4-10)28(24,25)14(18,19)20/h1-8H. The van der Waals surface area contributed by atoms with Gasteiger partial charge in [0.25, 0.3) is 19.7 Å². The van der Waals surface area contributed by atoms with Crippen LogP contribution in [0.1, 0.15) is 0 Å². The Morgan fingerprint density at radius 2 is 0.821 bits per heavy atom. The van der Waals surface area contributed by atoms with Gasteiger partial charge in [0.05, 0.1) is 20.6 Å². The van der Waals surface area contributed by atoms with Crippen LogP contribution in [0.5, 0.6) is 0 Å². The van der Waals surface area contributed by atoms with E-state index in [1.807, 2.05) is 0 Å². The summed E-state index contributed by atoms with van der Waals surface area (Å²) in [6.45, 7) is 0. The molecule has 154 valence electrons. The van der Waals surface area contributed by atoms with E-state index in [9.17, 15) is 47.4 Å². The van der Waals surface area contributed by atoms with Gasteiger partial charge in [0, 0.05) is 9.79 Å². The van der Waals surface area contributed by atoms with Crippen LogP contribution in [0.25, 0.3) is 0 Å².